The van der Waals surface area contributed by atoms with Gasteiger partial charge < -0.3 is 5.32 Å². The normalized spacial score (nSPS) is 38.2. The molecule has 17 heavy (non-hydrogen) atoms. The molecule has 0 aliphatic heterocycles. The molecule has 0 spiro atoms. The fourth-order valence-electron chi connectivity index (χ4n) is 3.60. The zero-order valence-electron chi connectivity index (χ0n) is 11.5. The van der Waals surface area contributed by atoms with E-state index in [0.717, 1.165) is 23.1 Å². The van der Waals surface area contributed by atoms with Gasteiger partial charge in [0.15, 0.2) is 0 Å². The van der Waals surface area contributed by atoms with Gasteiger partial charge in [0, 0.05) is 11.3 Å². The molecule has 0 aromatic heterocycles. The van der Waals surface area contributed by atoms with Crippen LogP contribution in [-0.2, 0) is 0 Å². The van der Waals surface area contributed by atoms with Crippen molar-refractivity contribution < 1.29 is 0 Å². The van der Waals surface area contributed by atoms with E-state index in [1.165, 1.54) is 38.6 Å². The Morgan fingerprint density at radius 1 is 1.41 bits per heavy atom. The summed E-state index contributed by atoms with van der Waals surface area (Å²) >= 11 is 2.05. The number of hydrogen-bond donors (Lipinski definition) is 1. The lowest BCUT2D eigenvalue weighted by atomic mass is 9.83. The molecular formula is C15H27NS. The second-order valence-corrected chi connectivity index (χ2v) is 7.09. The first-order valence-electron chi connectivity index (χ1n) is 7.12. The minimum absolute atomic E-state index is 0.784. The lowest BCUT2D eigenvalue weighted by molar-refractivity contribution is 0.362. The second kappa shape index (κ2) is 6.29. The molecule has 1 N–H and O–H groups in total. The summed E-state index contributed by atoms with van der Waals surface area (Å²) in [6.07, 6.45) is 11.6. The maximum Gasteiger partial charge on any atom is 0.0198 e. The fourth-order valence-corrected chi connectivity index (χ4v) is 4.56. The molecular weight excluding hydrogens is 226 g/mol. The van der Waals surface area contributed by atoms with Crippen LogP contribution >= 0.6 is 11.8 Å². The van der Waals surface area contributed by atoms with Crippen LogP contribution in [-0.4, -0.2) is 24.1 Å². The molecule has 1 saturated carbocycles. The molecule has 2 rings (SSSR count). The van der Waals surface area contributed by atoms with Crippen molar-refractivity contribution in [2.75, 3.05) is 12.8 Å². The van der Waals surface area contributed by atoms with Crippen molar-refractivity contribution in [3.63, 3.8) is 0 Å². The Balaban J connectivity index is 1.77. The van der Waals surface area contributed by atoms with Gasteiger partial charge in [0.1, 0.15) is 0 Å². The Hall–Kier alpha value is 0.0500. The second-order valence-electron chi connectivity index (χ2n) is 6.02. The average Bonchev–Trinajstić information content (AvgIpc) is 2.72. The summed E-state index contributed by atoms with van der Waals surface area (Å²) in [6.45, 7) is 5.89. The molecule has 0 amide bonds. The highest BCUT2D eigenvalue weighted by atomic mass is 32.2. The van der Waals surface area contributed by atoms with Crippen LogP contribution < -0.4 is 5.32 Å². The van der Waals surface area contributed by atoms with Gasteiger partial charge >= 0.3 is 0 Å². The van der Waals surface area contributed by atoms with E-state index in [1.807, 2.05) is 0 Å². The lowest BCUT2D eigenvalue weighted by Gasteiger charge is -2.28. The van der Waals surface area contributed by atoms with Gasteiger partial charge in [-0.25, -0.2) is 0 Å². The minimum Gasteiger partial charge on any atom is -0.313 e. The maximum atomic E-state index is 3.85. The molecule has 0 aromatic rings. The summed E-state index contributed by atoms with van der Waals surface area (Å²) in [4.78, 5) is 0. The molecule has 2 heteroatoms. The highest BCUT2D eigenvalue weighted by Gasteiger charge is 2.27. The van der Waals surface area contributed by atoms with E-state index < -0.39 is 0 Å². The van der Waals surface area contributed by atoms with E-state index >= 15 is 0 Å². The fraction of sp³-hybridized carbons (Fsp3) is 0.867. The van der Waals surface area contributed by atoms with Crippen molar-refractivity contribution in [3.8, 4) is 0 Å². The molecule has 0 radical (unpaired) electrons. The van der Waals surface area contributed by atoms with Crippen LogP contribution in [0.15, 0.2) is 11.6 Å². The van der Waals surface area contributed by atoms with E-state index in [2.05, 4.69) is 43.3 Å². The Bertz CT molecular complexity index is 274. The molecule has 0 saturated heterocycles. The van der Waals surface area contributed by atoms with Gasteiger partial charge in [0.05, 0.1) is 0 Å². The van der Waals surface area contributed by atoms with Gasteiger partial charge in [-0.2, -0.15) is 11.8 Å². The maximum absolute atomic E-state index is 3.85. The molecule has 0 heterocycles. The average molecular weight is 253 g/mol. The van der Waals surface area contributed by atoms with E-state index in [9.17, 15) is 0 Å². The summed E-state index contributed by atoms with van der Waals surface area (Å²) in [5, 5.41) is 4.71. The first-order valence-corrected chi connectivity index (χ1v) is 8.41. The highest BCUT2D eigenvalue weighted by Crippen LogP contribution is 2.30. The molecule has 2 aliphatic rings. The summed E-state index contributed by atoms with van der Waals surface area (Å²) in [7, 11) is 0. The number of nitrogens with one attached hydrogen (secondary N) is 1. The van der Waals surface area contributed by atoms with Crippen molar-refractivity contribution in [2.24, 2.45) is 11.8 Å². The molecule has 2 aliphatic carbocycles. The van der Waals surface area contributed by atoms with Crippen LogP contribution in [0, 0.1) is 11.8 Å². The molecule has 1 fully saturated rings. The number of allylic oxidation sites excluding steroid dienone is 2. The molecule has 0 aromatic carbocycles. The SMILES string of the molecule is CSC1CCCC1NCC1CC(C)=CC(C)C1. The van der Waals surface area contributed by atoms with E-state index in [1.54, 1.807) is 5.57 Å². The zero-order chi connectivity index (χ0) is 12.3. The van der Waals surface area contributed by atoms with E-state index in [-0.39, 0.29) is 0 Å². The number of rotatable bonds is 4. The Morgan fingerprint density at radius 3 is 2.94 bits per heavy atom. The molecule has 0 bridgehead atoms. The smallest absolute Gasteiger partial charge is 0.0198 e. The molecule has 4 atom stereocenters. The van der Waals surface area contributed by atoms with E-state index in [0.29, 0.717) is 0 Å². The van der Waals surface area contributed by atoms with Crippen molar-refractivity contribution in [2.45, 2.75) is 57.2 Å². The highest BCUT2D eigenvalue weighted by molar-refractivity contribution is 7.99. The molecule has 98 valence electrons. The summed E-state index contributed by atoms with van der Waals surface area (Å²) < 4.78 is 0. The summed E-state index contributed by atoms with van der Waals surface area (Å²) in [5.74, 6) is 1.66. The van der Waals surface area contributed by atoms with Gasteiger partial charge in [-0.1, -0.05) is 25.0 Å². The largest absolute Gasteiger partial charge is 0.313 e. The lowest BCUT2D eigenvalue weighted by Crippen LogP contribution is -2.38. The standard InChI is InChI=1S/C15H27NS/c1-11-7-12(2)9-13(8-11)10-16-14-5-4-6-15(14)17-3/h7,11,13-16H,4-6,8-10H2,1-3H3. The van der Waals surface area contributed by atoms with Crippen molar-refractivity contribution in [1.29, 1.82) is 0 Å². The van der Waals surface area contributed by atoms with Crippen molar-refractivity contribution >= 4 is 11.8 Å². The Morgan fingerprint density at radius 2 is 2.24 bits per heavy atom. The van der Waals surface area contributed by atoms with Crippen LogP contribution in [0.5, 0.6) is 0 Å². The summed E-state index contributed by atoms with van der Waals surface area (Å²) in [5.41, 5.74) is 1.60. The predicted octanol–water partition coefficient (Wildman–Crippen LogP) is 3.85. The van der Waals surface area contributed by atoms with Crippen LogP contribution in [0.1, 0.15) is 46.0 Å². The quantitative estimate of drug-likeness (QED) is 0.764. The summed E-state index contributed by atoms with van der Waals surface area (Å²) in [6, 6.07) is 0.784. The third-order valence-electron chi connectivity index (χ3n) is 4.31. The van der Waals surface area contributed by atoms with Crippen molar-refractivity contribution in [1.82, 2.24) is 5.32 Å². The van der Waals surface area contributed by atoms with Gasteiger partial charge in [-0.15, -0.1) is 0 Å². The van der Waals surface area contributed by atoms with Crippen LogP contribution in [0.3, 0.4) is 0 Å². The predicted molar refractivity (Wildman–Crippen MR) is 78.6 cm³/mol. The number of hydrogen-bond acceptors (Lipinski definition) is 2. The van der Waals surface area contributed by atoms with Gasteiger partial charge in [0.25, 0.3) is 0 Å². The molecule has 1 nitrogen and oxygen atoms in total. The Labute approximate surface area is 111 Å². The zero-order valence-corrected chi connectivity index (χ0v) is 12.4. The Kier molecular flexibility index (Phi) is 4.98. The minimum atomic E-state index is 0.784. The first-order chi connectivity index (χ1) is 8.19. The van der Waals surface area contributed by atoms with Crippen LogP contribution in [0.4, 0.5) is 0 Å². The van der Waals surface area contributed by atoms with E-state index in [4.69, 9.17) is 0 Å². The number of thioether (sulfide) groups is 1. The third-order valence-corrected chi connectivity index (χ3v) is 5.48. The van der Waals surface area contributed by atoms with Crippen LogP contribution in [0.2, 0.25) is 0 Å². The van der Waals surface area contributed by atoms with Gasteiger partial charge in [0.2, 0.25) is 0 Å². The van der Waals surface area contributed by atoms with Gasteiger partial charge in [-0.05, 0) is 57.2 Å². The van der Waals surface area contributed by atoms with Crippen LogP contribution in [0.25, 0.3) is 0 Å². The molecule has 4 unspecified atom stereocenters. The first kappa shape index (κ1) is 13.5. The van der Waals surface area contributed by atoms with Gasteiger partial charge in [-0.3, -0.25) is 0 Å². The monoisotopic (exact) mass is 253 g/mol. The topological polar surface area (TPSA) is 12.0 Å². The third kappa shape index (κ3) is 3.75. The van der Waals surface area contributed by atoms with Crippen molar-refractivity contribution in [3.05, 3.63) is 11.6 Å².